The van der Waals surface area contributed by atoms with E-state index >= 15 is 0 Å². The molecule has 1 heterocycles. The van der Waals surface area contributed by atoms with E-state index in [9.17, 15) is 18.3 Å². The molecule has 1 atom stereocenters. The fraction of sp³-hybridized carbons (Fsp3) is 0.296. The van der Waals surface area contributed by atoms with E-state index in [0.29, 0.717) is 25.1 Å². The lowest BCUT2D eigenvalue weighted by atomic mass is 9.87. The van der Waals surface area contributed by atoms with Gasteiger partial charge in [-0.1, -0.05) is 63.2 Å². The zero-order valence-electron chi connectivity index (χ0n) is 19.7. The summed E-state index contributed by atoms with van der Waals surface area (Å²) in [6, 6.07) is 20.1. The molecule has 178 valence electrons. The number of phenolic OH excluding ortho intramolecular Hbond substituents is 1. The Morgan fingerprint density at radius 3 is 2.29 bits per heavy atom. The third-order valence-corrected chi connectivity index (χ3v) is 7.99. The second-order valence-electron chi connectivity index (χ2n) is 9.63. The van der Waals surface area contributed by atoms with E-state index in [2.05, 4.69) is 26.1 Å². The Hall–Kier alpha value is -3.32. The van der Waals surface area contributed by atoms with Crippen LogP contribution in [0.3, 0.4) is 0 Å². The quantitative estimate of drug-likeness (QED) is 0.557. The second kappa shape index (κ2) is 9.14. The van der Waals surface area contributed by atoms with E-state index in [1.807, 2.05) is 24.3 Å². The zero-order chi connectivity index (χ0) is 24.5. The van der Waals surface area contributed by atoms with Gasteiger partial charge >= 0.3 is 0 Å². The number of carbonyl (C=O) groups excluding carboxylic acids is 1. The van der Waals surface area contributed by atoms with Crippen molar-refractivity contribution in [2.24, 2.45) is 0 Å². The van der Waals surface area contributed by atoms with Crippen molar-refractivity contribution in [2.45, 2.75) is 50.0 Å². The number of nitrogens with one attached hydrogen (secondary N) is 1. The number of hydrogen-bond acceptors (Lipinski definition) is 4. The highest BCUT2D eigenvalue weighted by molar-refractivity contribution is 7.93. The van der Waals surface area contributed by atoms with Gasteiger partial charge in [0.1, 0.15) is 11.8 Å². The van der Waals surface area contributed by atoms with E-state index in [-0.39, 0.29) is 22.0 Å². The van der Waals surface area contributed by atoms with Crippen LogP contribution in [0.4, 0.5) is 5.69 Å². The number of rotatable bonds is 6. The molecule has 0 unspecified atom stereocenters. The molecule has 1 aliphatic rings. The van der Waals surface area contributed by atoms with Crippen molar-refractivity contribution in [2.75, 3.05) is 10.8 Å². The Morgan fingerprint density at radius 2 is 1.65 bits per heavy atom. The summed E-state index contributed by atoms with van der Waals surface area (Å²) in [6.07, 6.45) is 0.896. The Balaban J connectivity index is 1.57. The van der Waals surface area contributed by atoms with Crippen molar-refractivity contribution in [1.29, 1.82) is 0 Å². The van der Waals surface area contributed by atoms with Crippen LogP contribution in [0.2, 0.25) is 0 Å². The monoisotopic (exact) mass is 478 g/mol. The summed E-state index contributed by atoms with van der Waals surface area (Å²) in [5.41, 5.74) is 3.29. The van der Waals surface area contributed by atoms with Crippen molar-refractivity contribution in [3.63, 3.8) is 0 Å². The highest BCUT2D eigenvalue weighted by Gasteiger charge is 2.42. The number of phenols is 1. The van der Waals surface area contributed by atoms with Crippen molar-refractivity contribution in [3.8, 4) is 5.75 Å². The van der Waals surface area contributed by atoms with E-state index in [1.165, 1.54) is 4.31 Å². The van der Waals surface area contributed by atoms with Crippen LogP contribution < -0.4 is 9.62 Å². The van der Waals surface area contributed by atoms with Gasteiger partial charge in [0.15, 0.2) is 0 Å². The molecule has 3 aromatic carbocycles. The van der Waals surface area contributed by atoms with Gasteiger partial charge in [0.05, 0.1) is 10.6 Å². The molecule has 2 N–H and O–H groups in total. The first kappa shape index (κ1) is 23.8. The third kappa shape index (κ3) is 4.80. The summed E-state index contributed by atoms with van der Waals surface area (Å²) >= 11 is 0. The van der Waals surface area contributed by atoms with Gasteiger partial charge in [0.2, 0.25) is 5.91 Å². The number of carbonyl (C=O) groups is 1. The summed E-state index contributed by atoms with van der Waals surface area (Å²) in [4.78, 5) is 13.3. The Morgan fingerprint density at radius 1 is 1.00 bits per heavy atom. The molecule has 0 radical (unpaired) electrons. The average molecular weight is 479 g/mol. The van der Waals surface area contributed by atoms with Crippen molar-refractivity contribution in [1.82, 2.24) is 5.32 Å². The number of sulfonamides is 1. The zero-order valence-corrected chi connectivity index (χ0v) is 20.5. The van der Waals surface area contributed by atoms with Gasteiger partial charge in [0, 0.05) is 13.0 Å². The van der Waals surface area contributed by atoms with Gasteiger partial charge in [-0.2, -0.15) is 0 Å². The van der Waals surface area contributed by atoms with Gasteiger partial charge < -0.3 is 10.4 Å². The minimum atomic E-state index is -3.95. The number of hydrogen-bond donors (Lipinski definition) is 2. The standard InChI is InChI=1S/C27H30N2O4S/c1-27(2,3)21-10-14-23(15-11-21)34(32,33)29-24-7-5-4-6-20(24)18-25(29)26(31)28-17-16-19-8-12-22(30)13-9-19/h4-15,25,30H,16-18H2,1-3H3,(H,28,31)/t25-/m0/s1. The van der Waals surface area contributed by atoms with Gasteiger partial charge in [-0.05, 0) is 58.9 Å². The fourth-order valence-corrected chi connectivity index (χ4v) is 5.85. The number of para-hydroxylation sites is 1. The van der Waals surface area contributed by atoms with Crippen LogP contribution in [0.15, 0.2) is 77.7 Å². The van der Waals surface area contributed by atoms with Crippen LogP contribution in [-0.4, -0.2) is 32.0 Å². The normalized spacial score (nSPS) is 15.7. The van der Waals surface area contributed by atoms with Crippen molar-refractivity contribution >= 4 is 21.6 Å². The van der Waals surface area contributed by atoms with Crippen LogP contribution in [-0.2, 0) is 33.1 Å². The molecule has 4 rings (SSSR count). The lowest BCUT2D eigenvalue weighted by Crippen LogP contribution is -2.48. The van der Waals surface area contributed by atoms with Gasteiger partial charge in [-0.25, -0.2) is 8.42 Å². The Bertz CT molecular complexity index is 1280. The molecule has 1 aliphatic heterocycles. The average Bonchev–Trinajstić information content (AvgIpc) is 3.20. The molecular formula is C27H30N2O4S. The van der Waals surface area contributed by atoms with Crippen LogP contribution >= 0.6 is 0 Å². The molecule has 0 aliphatic carbocycles. The first-order valence-electron chi connectivity index (χ1n) is 11.4. The molecule has 34 heavy (non-hydrogen) atoms. The Labute approximate surface area is 201 Å². The predicted molar refractivity (Wildman–Crippen MR) is 134 cm³/mol. The third-order valence-electron chi connectivity index (χ3n) is 6.15. The van der Waals surface area contributed by atoms with E-state index in [4.69, 9.17) is 0 Å². The van der Waals surface area contributed by atoms with Crippen LogP contribution in [0.1, 0.15) is 37.5 Å². The largest absolute Gasteiger partial charge is 0.508 e. The first-order valence-corrected chi connectivity index (χ1v) is 12.8. The molecular weight excluding hydrogens is 448 g/mol. The van der Waals surface area contributed by atoms with E-state index in [0.717, 1.165) is 16.7 Å². The van der Waals surface area contributed by atoms with Gasteiger partial charge in [-0.15, -0.1) is 0 Å². The number of benzene rings is 3. The maximum atomic E-state index is 13.7. The topological polar surface area (TPSA) is 86.7 Å². The molecule has 0 aromatic heterocycles. The molecule has 0 saturated carbocycles. The van der Waals surface area contributed by atoms with Gasteiger partial charge in [0.25, 0.3) is 10.0 Å². The SMILES string of the molecule is CC(C)(C)c1ccc(S(=O)(=O)N2c3ccccc3C[C@H]2C(=O)NCCc2ccc(O)cc2)cc1. The predicted octanol–water partition coefficient (Wildman–Crippen LogP) is 4.17. The van der Waals surface area contributed by atoms with E-state index < -0.39 is 16.1 Å². The van der Waals surface area contributed by atoms with E-state index in [1.54, 1.807) is 48.5 Å². The number of amides is 1. The maximum Gasteiger partial charge on any atom is 0.265 e. The molecule has 0 spiro atoms. The summed E-state index contributed by atoms with van der Waals surface area (Å²) < 4.78 is 28.7. The van der Waals surface area contributed by atoms with Crippen LogP contribution in [0, 0.1) is 0 Å². The molecule has 7 heteroatoms. The molecule has 6 nitrogen and oxygen atoms in total. The number of anilines is 1. The summed E-state index contributed by atoms with van der Waals surface area (Å²) in [5.74, 6) is -0.141. The molecule has 0 bridgehead atoms. The smallest absolute Gasteiger partial charge is 0.265 e. The van der Waals surface area contributed by atoms with Gasteiger partial charge in [-0.3, -0.25) is 9.10 Å². The molecule has 1 amide bonds. The lowest BCUT2D eigenvalue weighted by molar-refractivity contribution is -0.122. The van der Waals surface area contributed by atoms with Crippen molar-refractivity contribution in [3.05, 3.63) is 89.5 Å². The summed E-state index contributed by atoms with van der Waals surface area (Å²) in [5, 5.41) is 12.3. The first-order chi connectivity index (χ1) is 16.1. The minimum Gasteiger partial charge on any atom is -0.508 e. The summed E-state index contributed by atoms with van der Waals surface area (Å²) in [7, 11) is -3.95. The maximum absolute atomic E-state index is 13.7. The molecule has 0 fully saturated rings. The number of nitrogens with zero attached hydrogens (tertiary/aromatic N) is 1. The second-order valence-corrected chi connectivity index (χ2v) is 11.4. The van der Waals surface area contributed by atoms with Crippen molar-refractivity contribution < 1.29 is 18.3 Å². The lowest BCUT2D eigenvalue weighted by Gasteiger charge is -2.27. The van der Waals surface area contributed by atoms with Crippen LogP contribution in [0.25, 0.3) is 0 Å². The number of fused-ring (bicyclic) bond motifs is 1. The molecule has 0 saturated heterocycles. The summed E-state index contributed by atoms with van der Waals surface area (Å²) in [6.45, 7) is 6.59. The fourth-order valence-electron chi connectivity index (χ4n) is 4.20. The Kier molecular flexibility index (Phi) is 6.41. The van der Waals surface area contributed by atoms with Crippen LogP contribution in [0.5, 0.6) is 5.75 Å². The highest BCUT2D eigenvalue weighted by Crippen LogP contribution is 2.37. The highest BCUT2D eigenvalue weighted by atomic mass is 32.2. The number of aromatic hydroxyl groups is 1. The molecule has 3 aromatic rings. The minimum absolute atomic E-state index is 0.0948.